The summed E-state index contributed by atoms with van der Waals surface area (Å²) in [7, 11) is 0. The van der Waals surface area contributed by atoms with Gasteiger partial charge in [-0.15, -0.1) is 0 Å². The van der Waals surface area contributed by atoms with Gasteiger partial charge in [0, 0.05) is 11.8 Å². The molecule has 11 heteroatoms. The van der Waals surface area contributed by atoms with Crippen molar-refractivity contribution in [3.63, 3.8) is 0 Å². The van der Waals surface area contributed by atoms with Crippen LogP contribution < -0.4 is 0 Å². The van der Waals surface area contributed by atoms with Gasteiger partial charge in [0.1, 0.15) is 36.1 Å². The van der Waals surface area contributed by atoms with Crippen LogP contribution in [0.5, 0.6) is 0 Å². The topological polar surface area (TPSA) is 126 Å². The van der Waals surface area contributed by atoms with Gasteiger partial charge in [-0.25, -0.2) is 29.9 Å². The summed E-state index contributed by atoms with van der Waals surface area (Å²) in [5, 5.41) is 9.18. The fourth-order valence-corrected chi connectivity index (χ4v) is 5.21. The summed E-state index contributed by atoms with van der Waals surface area (Å²) in [5.74, 6) is 0.817. The lowest BCUT2D eigenvalue weighted by Crippen LogP contribution is -2.15. The molecule has 0 bridgehead atoms. The fraction of sp³-hybridized carbons (Fsp3) is 0.600. The second kappa shape index (κ2) is 10.2. The number of hydrogen-bond donors (Lipinski definition) is 1. The first kappa shape index (κ1) is 24.7. The number of ether oxygens (including phenoxy) is 2. The molecule has 6 atom stereocenters. The smallest absolute Gasteiger partial charge is 0.165 e. The molecule has 2 aliphatic rings. The molecule has 2 saturated heterocycles. The second-order valence-electron chi connectivity index (χ2n) is 9.88. The van der Waals surface area contributed by atoms with Crippen LogP contribution in [0.15, 0.2) is 25.3 Å². The van der Waals surface area contributed by atoms with Crippen LogP contribution in [0.2, 0.25) is 0 Å². The van der Waals surface area contributed by atoms with Gasteiger partial charge in [0.05, 0.1) is 42.9 Å². The third-order valence-electron chi connectivity index (χ3n) is 7.20. The van der Waals surface area contributed by atoms with Crippen LogP contribution in [-0.4, -0.2) is 63.0 Å². The molecule has 192 valence electrons. The van der Waals surface area contributed by atoms with Crippen LogP contribution in [0.25, 0.3) is 22.3 Å². The molecule has 36 heavy (non-hydrogen) atoms. The van der Waals surface area contributed by atoms with Gasteiger partial charge in [-0.1, -0.05) is 20.8 Å². The van der Waals surface area contributed by atoms with Crippen molar-refractivity contribution in [2.75, 3.05) is 6.61 Å². The lowest BCUT2D eigenvalue weighted by Gasteiger charge is -2.17. The first-order chi connectivity index (χ1) is 17.4. The van der Waals surface area contributed by atoms with Crippen LogP contribution in [0, 0.1) is 25.7 Å². The zero-order valence-electron chi connectivity index (χ0n) is 21.4. The number of hydrogen-bond acceptors (Lipinski definition) is 9. The maximum Gasteiger partial charge on any atom is 0.165 e. The Labute approximate surface area is 209 Å². The minimum absolute atomic E-state index is 0.0502. The summed E-state index contributed by atoms with van der Waals surface area (Å²) in [4.78, 5) is 25.7. The van der Waals surface area contributed by atoms with Crippen molar-refractivity contribution < 1.29 is 14.6 Å². The van der Waals surface area contributed by atoms with Crippen LogP contribution in [0.4, 0.5) is 0 Å². The molecule has 2 fully saturated rings. The monoisotopic (exact) mass is 494 g/mol. The van der Waals surface area contributed by atoms with Gasteiger partial charge in [0.25, 0.3) is 0 Å². The lowest BCUT2D eigenvalue weighted by molar-refractivity contribution is -0.0294. The van der Waals surface area contributed by atoms with Gasteiger partial charge in [0.15, 0.2) is 11.3 Å². The Morgan fingerprint density at radius 3 is 1.67 bits per heavy atom. The summed E-state index contributed by atoms with van der Waals surface area (Å²) >= 11 is 0. The van der Waals surface area contributed by atoms with E-state index in [1.165, 1.54) is 0 Å². The van der Waals surface area contributed by atoms with Crippen molar-refractivity contribution in [3.05, 3.63) is 36.7 Å². The number of aliphatic hydroxyl groups is 1. The molecule has 0 saturated carbocycles. The number of aromatic nitrogens is 8. The van der Waals surface area contributed by atoms with E-state index in [0.717, 1.165) is 53.0 Å². The molecule has 0 aliphatic carbocycles. The third-order valence-corrected chi connectivity index (χ3v) is 7.20. The highest BCUT2D eigenvalue weighted by atomic mass is 16.5. The van der Waals surface area contributed by atoms with E-state index < -0.39 is 0 Å². The third kappa shape index (κ3) is 4.46. The molecule has 4 aromatic heterocycles. The first-order valence-electron chi connectivity index (χ1n) is 12.6. The van der Waals surface area contributed by atoms with Gasteiger partial charge in [-0.05, 0) is 33.1 Å². The largest absolute Gasteiger partial charge is 0.394 e. The van der Waals surface area contributed by atoms with Crippen LogP contribution in [-0.2, 0) is 9.47 Å². The minimum atomic E-state index is -0.110. The molecule has 0 amide bonds. The average Bonchev–Trinajstić information content (AvgIpc) is 3.64. The minimum Gasteiger partial charge on any atom is -0.394 e. The van der Waals surface area contributed by atoms with E-state index in [4.69, 9.17) is 9.47 Å². The highest BCUT2D eigenvalue weighted by Crippen LogP contribution is 2.37. The Kier molecular flexibility index (Phi) is 6.96. The molecule has 6 heterocycles. The van der Waals surface area contributed by atoms with E-state index in [2.05, 4.69) is 50.7 Å². The van der Waals surface area contributed by atoms with Crippen LogP contribution >= 0.6 is 0 Å². The van der Waals surface area contributed by atoms with Crippen molar-refractivity contribution in [1.29, 1.82) is 0 Å². The zero-order valence-corrected chi connectivity index (χ0v) is 21.4. The van der Waals surface area contributed by atoms with Crippen LogP contribution in [0.3, 0.4) is 0 Å². The van der Waals surface area contributed by atoms with Crippen molar-refractivity contribution in [2.45, 2.75) is 78.5 Å². The number of aliphatic hydroxyl groups excluding tert-OH is 1. The SMILES string of the molecule is CC[C@@H]1C[C@H](C)[C@H](n2cnc3c(C)ncnc32)O1.Cc1ncnc2c1ncn2[C@@H]1O[C@H](CO)C[C@@H]1C. The van der Waals surface area contributed by atoms with Gasteiger partial charge < -0.3 is 14.6 Å². The van der Waals surface area contributed by atoms with Gasteiger partial charge in [-0.3, -0.25) is 9.13 Å². The predicted molar refractivity (Wildman–Crippen MR) is 133 cm³/mol. The molecule has 0 radical (unpaired) electrons. The number of aryl methyl sites for hydroxylation is 2. The summed E-state index contributed by atoms with van der Waals surface area (Å²) < 4.78 is 15.9. The molecule has 2 aliphatic heterocycles. The van der Waals surface area contributed by atoms with Crippen molar-refractivity contribution in [2.24, 2.45) is 11.8 Å². The molecule has 4 aromatic rings. The zero-order chi connectivity index (χ0) is 25.4. The van der Waals surface area contributed by atoms with E-state index >= 15 is 0 Å². The number of nitrogens with zero attached hydrogens (tertiary/aromatic N) is 8. The predicted octanol–water partition coefficient (Wildman–Crippen LogP) is 3.52. The van der Waals surface area contributed by atoms with E-state index in [9.17, 15) is 5.11 Å². The summed E-state index contributed by atoms with van der Waals surface area (Å²) in [6.07, 6.45) is 9.91. The maximum atomic E-state index is 9.18. The standard InChI is InChI=1S/C13H18N4O.C12H16N4O2/c1-4-10-5-8(2)13(18-10)17-7-16-11-9(3)14-6-15-12(11)17;1-7-3-9(4-17)18-12(7)16-6-15-10-8(2)13-5-14-11(10)16/h6-8,10,13H,4-5H2,1-3H3;5-7,9,12,17H,3-4H2,1-2H3/t8-,10+,13+;7-,9-,12+/m00/s1. The molecular weight excluding hydrogens is 460 g/mol. The number of fused-ring (bicyclic) bond motifs is 2. The van der Waals surface area contributed by atoms with E-state index in [1.807, 2.05) is 29.3 Å². The molecule has 1 N–H and O–H groups in total. The Morgan fingerprint density at radius 1 is 0.778 bits per heavy atom. The quantitative estimate of drug-likeness (QED) is 0.453. The number of rotatable bonds is 4. The van der Waals surface area contributed by atoms with Gasteiger partial charge in [0.2, 0.25) is 0 Å². The van der Waals surface area contributed by atoms with Crippen LogP contribution in [0.1, 0.15) is 63.9 Å². The van der Waals surface area contributed by atoms with Gasteiger partial charge in [-0.2, -0.15) is 0 Å². The van der Waals surface area contributed by atoms with E-state index in [1.54, 1.807) is 19.0 Å². The first-order valence-corrected chi connectivity index (χ1v) is 12.6. The second-order valence-corrected chi connectivity index (χ2v) is 9.88. The Hall–Kier alpha value is -3.02. The number of imidazole rings is 2. The lowest BCUT2D eigenvalue weighted by atomic mass is 10.0. The summed E-state index contributed by atoms with van der Waals surface area (Å²) in [6.45, 7) is 10.4. The molecular formula is C25H34N8O3. The van der Waals surface area contributed by atoms with Crippen molar-refractivity contribution >= 4 is 22.3 Å². The summed E-state index contributed by atoms with van der Waals surface area (Å²) in [5.41, 5.74) is 5.11. The molecule has 6 rings (SSSR count). The highest BCUT2D eigenvalue weighted by molar-refractivity contribution is 5.73. The van der Waals surface area contributed by atoms with E-state index in [-0.39, 0.29) is 25.2 Å². The summed E-state index contributed by atoms with van der Waals surface area (Å²) in [6, 6.07) is 0. The van der Waals surface area contributed by atoms with Gasteiger partial charge >= 0.3 is 0 Å². The fourth-order valence-electron chi connectivity index (χ4n) is 5.21. The Bertz CT molecular complexity index is 1240. The molecule has 0 unspecified atom stereocenters. The maximum absolute atomic E-state index is 9.18. The van der Waals surface area contributed by atoms with Crippen molar-refractivity contribution in [3.8, 4) is 0 Å². The highest BCUT2D eigenvalue weighted by Gasteiger charge is 2.35. The van der Waals surface area contributed by atoms with Crippen molar-refractivity contribution in [1.82, 2.24) is 39.0 Å². The Balaban J connectivity index is 0.000000148. The van der Waals surface area contributed by atoms with E-state index in [0.29, 0.717) is 17.9 Å². The normalized spacial score (nSPS) is 28.1. The molecule has 11 nitrogen and oxygen atoms in total. The Morgan fingerprint density at radius 2 is 1.25 bits per heavy atom. The molecule has 0 aromatic carbocycles. The molecule has 0 spiro atoms. The average molecular weight is 495 g/mol.